The maximum Gasteiger partial charge on any atom is 0.237 e. The van der Waals surface area contributed by atoms with E-state index in [9.17, 15) is 9.18 Å². The lowest BCUT2D eigenvalue weighted by atomic mass is 10.0. The number of nitrogens with one attached hydrogen (secondary N) is 1. The van der Waals surface area contributed by atoms with Crippen LogP contribution in [0.1, 0.15) is 25.0 Å². The highest BCUT2D eigenvalue weighted by molar-refractivity contribution is 5.81. The van der Waals surface area contributed by atoms with Crippen LogP contribution < -0.4 is 15.8 Å². The standard InChI is InChI=1S/C19H23FN2O2/c1-13(2)18(21)19(23)22-11-14-6-8-17(9-7-14)24-12-15-4-3-5-16(20)10-15/h3-10,13,18H,11-12,21H2,1-2H3,(H,22,23)/t18-/m1/s1. The summed E-state index contributed by atoms with van der Waals surface area (Å²) in [5.41, 5.74) is 7.52. The van der Waals surface area contributed by atoms with Crippen molar-refractivity contribution in [3.8, 4) is 5.75 Å². The summed E-state index contributed by atoms with van der Waals surface area (Å²) in [4.78, 5) is 11.8. The first kappa shape index (κ1) is 17.9. The minimum atomic E-state index is -0.501. The molecular formula is C19H23FN2O2. The van der Waals surface area contributed by atoms with Crippen molar-refractivity contribution in [3.05, 3.63) is 65.5 Å². The number of rotatable bonds is 7. The molecule has 0 aromatic heterocycles. The molecule has 0 aliphatic heterocycles. The van der Waals surface area contributed by atoms with E-state index in [1.54, 1.807) is 6.07 Å². The quantitative estimate of drug-likeness (QED) is 0.820. The maximum absolute atomic E-state index is 13.1. The van der Waals surface area contributed by atoms with E-state index in [1.165, 1.54) is 12.1 Å². The molecule has 0 saturated heterocycles. The maximum atomic E-state index is 13.1. The molecule has 5 heteroatoms. The first-order valence-corrected chi connectivity index (χ1v) is 7.95. The van der Waals surface area contributed by atoms with Gasteiger partial charge < -0.3 is 15.8 Å². The molecule has 24 heavy (non-hydrogen) atoms. The highest BCUT2D eigenvalue weighted by Gasteiger charge is 2.16. The van der Waals surface area contributed by atoms with E-state index in [4.69, 9.17) is 10.5 Å². The minimum Gasteiger partial charge on any atom is -0.489 e. The van der Waals surface area contributed by atoms with Crippen LogP contribution in [0.4, 0.5) is 4.39 Å². The number of hydrogen-bond donors (Lipinski definition) is 2. The number of benzene rings is 2. The number of carbonyl (C=O) groups is 1. The zero-order valence-corrected chi connectivity index (χ0v) is 14.0. The molecule has 3 N–H and O–H groups in total. The van der Waals surface area contributed by atoms with Gasteiger partial charge in [-0.15, -0.1) is 0 Å². The van der Waals surface area contributed by atoms with Crippen LogP contribution in [0.2, 0.25) is 0 Å². The Morgan fingerprint density at radius 1 is 1.17 bits per heavy atom. The van der Waals surface area contributed by atoms with Crippen molar-refractivity contribution < 1.29 is 13.9 Å². The fourth-order valence-electron chi connectivity index (χ4n) is 2.11. The molecule has 0 fully saturated rings. The third-order valence-corrected chi connectivity index (χ3v) is 3.71. The fourth-order valence-corrected chi connectivity index (χ4v) is 2.11. The second-order valence-electron chi connectivity index (χ2n) is 6.05. The summed E-state index contributed by atoms with van der Waals surface area (Å²) < 4.78 is 18.7. The van der Waals surface area contributed by atoms with E-state index in [-0.39, 0.29) is 17.6 Å². The molecule has 1 amide bonds. The Kier molecular flexibility index (Phi) is 6.32. The van der Waals surface area contributed by atoms with Crippen LogP contribution in [-0.4, -0.2) is 11.9 Å². The second-order valence-corrected chi connectivity index (χ2v) is 6.05. The Balaban J connectivity index is 1.83. The number of amides is 1. The lowest BCUT2D eigenvalue weighted by Gasteiger charge is -2.15. The van der Waals surface area contributed by atoms with Gasteiger partial charge in [0.05, 0.1) is 6.04 Å². The molecule has 0 radical (unpaired) electrons. The summed E-state index contributed by atoms with van der Waals surface area (Å²) in [5, 5.41) is 2.82. The number of halogens is 1. The summed E-state index contributed by atoms with van der Waals surface area (Å²) in [6.07, 6.45) is 0. The highest BCUT2D eigenvalue weighted by atomic mass is 19.1. The molecule has 0 aliphatic rings. The molecule has 0 saturated carbocycles. The normalized spacial score (nSPS) is 12.0. The van der Waals surface area contributed by atoms with Gasteiger partial charge in [-0.05, 0) is 41.3 Å². The van der Waals surface area contributed by atoms with Crippen molar-refractivity contribution in [1.29, 1.82) is 0 Å². The van der Waals surface area contributed by atoms with Gasteiger partial charge in [-0.2, -0.15) is 0 Å². The van der Waals surface area contributed by atoms with Crippen LogP contribution >= 0.6 is 0 Å². The van der Waals surface area contributed by atoms with Gasteiger partial charge in [-0.25, -0.2) is 4.39 Å². The Morgan fingerprint density at radius 2 is 1.88 bits per heavy atom. The minimum absolute atomic E-state index is 0.101. The SMILES string of the molecule is CC(C)[C@@H](N)C(=O)NCc1ccc(OCc2cccc(F)c2)cc1. The van der Waals surface area contributed by atoms with Crippen LogP contribution in [-0.2, 0) is 17.9 Å². The van der Waals surface area contributed by atoms with Gasteiger partial charge in [0.25, 0.3) is 0 Å². The van der Waals surface area contributed by atoms with E-state index in [0.29, 0.717) is 18.9 Å². The summed E-state index contributed by atoms with van der Waals surface area (Å²) in [7, 11) is 0. The van der Waals surface area contributed by atoms with Crippen molar-refractivity contribution in [2.24, 2.45) is 11.7 Å². The van der Waals surface area contributed by atoms with Gasteiger partial charge in [0, 0.05) is 6.54 Å². The van der Waals surface area contributed by atoms with Crippen molar-refractivity contribution in [2.45, 2.75) is 33.0 Å². The Labute approximate surface area is 141 Å². The van der Waals surface area contributed by atoms with Crippen LogP contribution in [0.3, 0.4) is 0 Å². The first-order chi connectivity index (χ1) is 11.5. The third-order valence-electron chi connectivity index (χ3n) is 3.71. The molecule has 0 aliphatic carbocycles. The Bertz CT molecular complexity index is 671. The molecule has 2 aromatic rings. The molecule has 0 bridgehead atoms. The molecule has 0 spiro atoms. The average Bonchev–Trinajstić information content (AvgIpc) is 2.58. The summed E-state index contributed by atoms with van der Waals surface area (Å²) >= 11 is 0. The summed E-state index contributed by atoms with van der Waals surface area (Å²) in [5.74, 6) is 0.357. The molecule has 1 atom stereocenters. The number of ether oxygens (including phenoxy) is 1. The van der Waals surface area contributed by atoms with Gasteiger partial charge in [-0.3, -0.25) is 4.79 Å². The largest absolute Gasteiger partial charge is 0.489 e. The first-order valence-electron chi connectivity index (χ1n) is 7.95. The predicted octanol–water partition coefficient (Wildman–Crippen LogP) is 3.00. The van der Waals surface area contributed by atoms with E-state index in [1.807, 2.05) is 44.2 Å². The van der Waals surface area contributed by atoms with E-state index < -0.39 is 6.04 Å². The van der Waals surface area contributed by atoms with Gasteiger partial charge in [-0.1, -0.05) is 38.1 Å². The molecule has 2 aromatic carbocycles. The summed E-state index contributed by atoms with van der Waals surface area (Å²) in [6.45, 7) is 4.55. The van der Waals surface area contributed by atoms with Crippen molar-refractivity contribution in [1.82, 2.24) is 5.32 Å². The van der Waals surface area contributed by atoms with Crippen molar-refractivity contribution in [3.63, 3.8) is 0 Å². The van der Waals surface area contributed by atoms with Gasteiger partial charge in [0.2, 0.25) is 5.91 Å². The highest BCUT2D eigenvalue weighted by Crippen LogP contribution is 2.15. The molecule has 0 heterocycles. The summed E-state index contributed by atoms with van der Waals surface area (Å²) in [6, 6.07) is 13.2. The predicted molar refractivity (Wildman–Crippen MR) is 91.8 cm³/mol. The van der Waals surface area contributed by atoms with Gasteiger partial charge in [0.15, 0.2) is 0 Å². The van der Waals surface area contributed by atoms with Crippen LogP contribution in [0.15, 0.2) is 48.5 Å². The average molecular weight is 330 g/mol. The zero-order valence-electron chi connectivity index (χ0n) is 14.0. The second kappa shape index (κ2) is 8.45. The zero-order chi connectivity index (χ0) is 17.5. The topological polar surface area (TPSA) is 64.4 Å². The smallest absolute Gasteiger partial charge is 0.237 e. The molecule has 0 unspecified atom stereocenters. The van der Waals surface area contributed by atoms with Crippen molar-refractivity contribution in [2.75, 3.05) is 0 Å². The Hall–Kier alpha value is -2.40. The molecule has 2 rings (SSSR count). The lowest BCUT2D eigenvalue weighted by molar-refractivity contribution is -0.123. The lowest BCUT2D eigenvalue weighted by Crippen LogP contribution is -2.43. The van der Waals surface area contributed by atoms with E-state index in [0.717, 1.165) is 11.1 Å². The molecular weight excluding hydrogens is 307 g/mol. The number of hydrogen-bond acceptors (Lipinski definition) is 3. The van der Waals surface area contributed by atoms with Crippen molar-refractivity contribution >= 4 is 5.91 Å². The van der Waals surface area contributed by atoms with Crippen LogP contribution in [0.5, 0.6) is 5.75 Å². The fraction of sp³-hybridized carbons (Fsp3) is 0.316. The number of carbonyl (C=O) groups excluding carboxylic acids is 1. The van der Waals surface area contributed by atoms with Gasteiger partial charge >= 0.3 is 0 Å². The van der Waals surface area contributed by atoms with Crippen LogP contribution in [0.25, 0.3) is 0 Å². The number of nitrogens with two attached hydrogens (primary N) is 1. The Morgan fingerprint density at radius 3 is 2.50 bits per heavy atom. The molecule has 4 nitrogen and oxygen atoms in total. The monoisotopic (exact) mass is 330 g/mol. The molecule has 128 valence electrons. The van der Waals surface area contributed by atoms with E-state index in [2.05, 4.69) is 5.32 Å². The third kappa shape index (κ3) is 5.35. The van der Waals surface area contributed by atoms with Gasteiger partial charge in [0.1, 0.15) is 18.2 Å². The van der Waals surface area contributed by atoms with Crippen LogP contribution in [0, 0.1) is 11.7 Å². The van der Waals surface area contributed by atoms with E-state index >= 15 is 0 Å².